The topological polar surface area (TPSA) is 58.6 Å². The average molecular weight is 300 g/mol. The van der Waals surface area contributed by atoms with Crippen molar-refractivity contribution in [3.05, 3.63) is 34.3 Å². The van der Waals surface area contributed by atoms with E-state index in [1.54, 1.807) is 0 Å². The van der Waals surface area contributed by atoms with E-state index in [1.165, 1.54) is 0 Å². The number of nitrogens with one attached hydrogen (secondary N) is 1. The third-order valence-corrected chi connectivity index (χ3v) is 3.22. The first-order chi connectivity index (χ1) is 8.15. The molecule has 0 saturated carbocycles. The number of carbonyl (C=O) groups excluding carboxylic acids is 1. The molecule has 0 amide bonds. The Morgan fingerprint density at radius 1 is 1.47 bits per heavy atom. The molecule has 1 aliphatic rings. The number of β-amino-alcohol motifs (C(OH)–C–C–N with tert-alkyl or cyclic N) is 1. The van der Waals surface area contributed by atoms with Crippen molar-refractivity contribution in [3.8, 4) is 0 Å². The van der Waals surface area contributed by atoms with Gasteiger partial charge in [0.2, 0.25) is 0 Å². The minimum Gasteiger partial charge on any atom is -0.460 e. The zero-order chi connectivity index (χ0) is 12.3. The molecule has 92 valence electrons. The fourth-order valence-electron chi connectivity index (χ4n) is 1.73. The Labute approximate surface area is 108 Å². The molecule has 1 aromatic carbocycles. The molecule has 17 heavy (non-hydrogen) atoms. The van der Waals surface area contributed by atoms with Crippen molar-refractivity contribution in [2.45, 2.75) is 25.2 Å². The Kier molecular flexibility index (Phi) is 4.15. The molecule has 1 heterocycles. The number of halogens is 1. The Balaban J connectivity index is 1.82. The van der Waals surface area contributed by atoms with E-state index in [0.717, 1.165) is 10.0 Å². The third kappa shape index (κ3) is 3.52. The van der Waals surface area contributed by atoms with Crippen molar-refractivity contribution < 1.29 is 14.6 Å². The zero-order valence-electron chi connectivity index (χ0n) is 9.23. The van der Waals surface area contributed by atoms with Gasteiger partial charge in [-0.25, -0.2) is 0 Å². The molecular formula is C12H14BrNO3. The van der Waals surface area contributed by atoms with Crippen LogP contribution in [0.15, 0.2) is 28.7 Å². The van der Waals surface area contributed by atoms with Crippen LogP contribution in [-0.2, 0) is 16.1 Å². The fraction of sp³-hybridized carbons (Fsp3) is 0.417. The predicted octanol–water partition coefficient (Wildman–Crippen LogP) is 1.22. The van der Waals surface area contributed by atoms with Crippen molar-refractivity contribution in [1.29, 1.82) is 0 Å². The van der Waals surface area contributed by atoms with Gasteiger partial charge in [0.25, 0.3) is 0 Å². The van der Waals surface area contributed by atoms with Gasteiger partial charge in [0.1, 0.15) is 12.6 Å². The second-order valence-corrected chi connectivity index (χ2v) is 5.00. The van der Waals surface area contributed by atoms with Crippen molar-refractivity contribution in [3.63, 3.8) is 0 Å². The van der Waals surface area contributed by atoms with Crippen LogP contribution in [0, 0.1) is 0 Å². The van der Waals surface area contributed by atoms with E-state index in [2.05, 4.69) is 21.2 Å². The zero-order valence-corrected chi connectivity index (χ0v) is 10.8. The third-order valence-electron chi connectivity index (χ3n) is 2.69. The van der Waals surface area contributed by atoms with E-state index in [0.29, 0.717) is 13.0 Å². The van der Waals surface area contributed by atoms with Crippen molar-refractivity contribution in [1.82, 2.24) is 5.32 Å². The summed E-state index contributed by atoms with van der Waals surface area (Å²) in [6.07, 6.45) is -0.0145. The quantitative estimate of drug-likeness (QED) is 0.824. The summed E-state index contributed by atoms with van der Waals surface area (Å²) < 4.78 is 6.17. The summed E-state index contributed by atoms with van der Waals surface area (Å²) in [4.78, 5) is 11.6. The number of aliphatic hydroxyl groups is 1. The fourth-order valence-corrected chi connectivity index (χ4v) is 2.00. The SMILES string of the molecule is O=C(OCc1ccc(Br)cc1)[C@@H]1CC(O)CN1. The number of rotatable bonds is 3. The van der Waals surface area contributed by atoms with E-state index in [-0.39, 0.29) is 18.6 Å². The number of ether oxygens (including phenoxy) is 1. The van der Waals surface area contributed by atoms with Gasteiger partial charge in [0.05, 0.1) is 6.10 Å². The van der Waals surface area contributed by atoms with Crippen LogP contribution in [-0.4, -0.2) is 29.8 Å². The lowest BCUT2D eigenvalue weighted by Crippen LogP contribution is -2.32. The maximum absolute atomic E-state index is 11.6. The van der Waals surface area contributed by atoms with Crippen molar-refractivity contribution in [2.24, 2.45) is 0 Å². The van der Waals surface area contributed by atoms with Gasteiger partial charge in [-0.1, -0.05) is 28.1 Å². The summed E-state index contributed by atoms with van der Waals surface area (Å²) >= 11 is 3.34. The molecule has 1 saturated heterocycles. The van der Waals surface area contributed by atoms with E-state index in [4.69, 9.17) is 4.74 Å². The number of hydrogen-bond acceptors (Lipinski definition) is 4. The minimum absolute atomic E-state index is 0.264. The molecule has 0 spiro atoms. The number of carbonyl (C=O) groups is 1. The lowest BCUT2D eigenvalue weighted by Gasteiger charge is -2.10. The summed E-state index contributed by atoms with van der Waals surface area (Å²) in [5.41, 5.74) is 0.945. The molecule has 2 N–H and O–H groups in total. The van der Waals surface area contributed by atoms with Gasteiger partial charge in [-0.3, -0.25) is 4.79 Å². The molecule has 1 fully saturated rings. The van der Waals surface area contributed by atoms with Crippen LogP contribution in [0.4, 0.5) is 0 Å². The molecule has 1 unspecified atom stereocenters. The highest BCUT2D eigenvalue weighted by Gasteiger charge is 2.29. The second kappa shape index (κ2) is 5.62. The molecule has 2 rings (SSSR count). The van der Waals surface area contributed by atoms with Crippen molar-refractivity contribution in [2.75, 3.05) is 6.54 Å². The molecule has 0 aromatic heterocycles. The Bertz CT molecular complexity index is 393. The molecule has 5 heteroatoms. The normalized spacial score (nSPS) is 23.6. The first kappa shape index (κ1) is 12.5. The van der Waals surface area contributed by atoms with Gasteiger partial charge in [0.15, 0.2) is 0 Å². The number of hydrogen-bond donors (Lipinski definition) is 2. The maximum Gasteiger partial charge on any atom is 0.323 e. The smallest absolute Gasteiger partial charge is 0.323 e. The van der Waals surface area contributed by atoms with Gasteiger partial charge >= 0.3 is 5.97 Å². The van der Waals surface area contributed by atoms with E-state index in [1.807, 2.05) is 24.3 Å². The number of benzene rings is 1. The largest absolute Gasteiger partial charge is 0.460 e. The minimum atomic E-state index is -0.444. The molecule has 0 aliphatic carbocycles. The van der Waals surface area contributed by atoms with E-state index >= 15 is 0 Å². The Morgan fingerprint density at radius 2 is 2.18 bits per heavy atom. The summed E-state index contributed by atoms with van der Waals surface area (Å²) in [7, 11) is 0. The highest BCUT2D eigenvalue weighted by atomic mass is 79.9. The lowest BCUT2D eigenvalue weighted by molar-refractivity contribution is -0.147. The highest BCUT2D eigenvalue weighted by Crippen LogP contribution is 2.13. The summed E-state index contributed by atoms with van der Waals surface area (Å²) in [5.74, 6) is -0.301. The van der Waals surface area contributed by atoms with Gasteiger partial charge < -0.3 is 15.2 Å². The first-order valence-corrected chi connectivity index (χ1v) is 6.27. The molecule has 0 bridgehead atoms. The van der Waals surface area contributed by atoms with Crippen LogP contribution in [0.3, 0.4) is 0 Å². The maximum atomic E-state index is 11.6. The van der Waals surface area contributed by atoms with Crippen molar-refractivity contribution >= 4 is 21.9 Å². The van der Waals surface area contributed by atoms with E-state index in [9.17, 15) is 9.90 Å². The molecule has 0 radical (unpaired) electrons. The average Bonchev–Trinajstić information content (AvgIpc) is 2.75. The van der Waals surface area contributed by atoms with Crippen LogP contribution in [0.1, 0.15) is 12.0 Å². The van der Waals surface area contributed by atoms with Crippen LogP contribution < -0.4 is 5.32 Å². The van der Waals surface area contributed by atoms with Gasteiger partial charge in [-0.05, 0) is 17.7 Å². The first-order valence-electron chi connectivity index (χ1n) is 5.47. The summed E-state index contributed by atoms with van der Waals surface area (Å²) in [6, 6.07) is 7.23. The van der Waals surface area contributed by atoms with Crippen LogP contribution in [0.25, 0.3) is 0 Å². The molecule has 2 atom stereocenters. The molecular weight excluding hydrogens is 286 g/mol. The van der Waals surface area contributed by atoms with Gasteiger partial charge in [-0.15, -0.1) is 0 Å². The van der Waals surface area contributed by atoms with Gasteiger partial charge in [0, 0.05) is 17.4 Å². The number of aliphatic hydroxyl groups excluding tert-OH is 1. The van der Waals surface area contributed by atoms with E-state index < -0.39 is 6.10 Å². The van der Waals surface area contributed by atoms with Crippen LogP contribution in [0.5, 0.6) is 0 Å². The Hall–Kier alpha value is -0.910. The second-order valence-electron chi connectivity index (χ2n) is 4.08. The molecule has 1 aliphatic heterocycles. The summed E-state index contributed by atoms with van der Waals surface area (Å²) in [6.45, 7) is 0.721. The van der Waals surface area contributed by atoms with Gasteiger partial charge in [-0.2, -0.15) is 0 Å². The molecule has 4 nitrogen and oxygen atoms in total. The lowest BCUT2D eigenvalue weighted by atomic mass is 10.2. The van der Waals surface area contributed by atoms with Crippen LogP contribution >= 0.6 is 15.9 Å². The van der Waals surface area contributed by atoms with Crippen LogP contribution in [0.2, 0.25) is 0 Å². The highest BCUT2D eigenvalue weighted by molar-refractivity contribution is 9.10. The Morgan fingerprint density at radius 3 is 2.76 bits per heavy atom. The predicted molar refractivity (Wildman–Crippen MR) is 66.4 cm³/mol. The summed E-state index contributed by atoms with van der Waals surface area (Å²) in [5, 5.41) is 12.2. The monoisotopic (exact) mass is 299 g/mol. The number of esters is 1. The molecule has 1 aromatic rings. The standard InChI is InChI=1S/C12H14BrNO3/c13-9-3-1-8(2-4-9)7-17-12(16)11-5-10(15)6-14-11/h1-4,10-11,14-15H,5-7H2/t10?,11-/m0/s1.